The first-order valence-electron chi connectivity index (χ1n) is 14.5. The number of carbonyl (C=O) groups is 2. The van der Waals surface area contributed by atoms with Crippen LogP contribution < -0.4 is 4.74 Å². The number of fused-ring (bicyclic) bond motifs is 1. The van der Waals surface area contributed by atoms with Gasteiger partial charge in [-0.3, -0.25) is 9.80 Å². The zero-order valence-electron chi connectivity index (χ0n) is 25.0. The molecule has 0 saturated carbocycles. The number of unbranched alkanes of at least 4 members (excludes halogenated alkanes) is 1. The molecule has 12 heteroatoms. The van der Waals surface area contributed by atoms with Crippen molar-refractivity contribution in [1.29, 1.82) is 0 Å². The van der Waals surface area contributed by atoms with E-state index in [1.165, 1.54) is 17.1 Å². The quantitative estimate of drug-likeness (QED) is 0.201. The molecule has 1 N–H and O–H groups in total. The lowest BCUT2D eigenvalue weighted by molar-refractivity contribution is -0.164. The summed E-state index contributed by atoms with van der Waals surface area (Å²) in [4.78, 5) is 26.2. The zero-order valence-corrected chi connectivity index (χ0v) is 25.0. The molecule has 1 aromatic rings. The maximum Gasteiger partial charge on any atom is 0.347 e. The molecule has 1 amide bonds. The Morgan fingerprint density at radius 1 is 1.17 bits per heavy atom. The maximum atomic E-state index is 15.2. The van der Waals surface area contributed by atoms with Crippen LogP contribution in [0, 0.1) is 17.6 Å². The largest absolute Gasteiger partial charge is 0.509 e. The van der Waals surface area contributed by atoms with Crippen molar-refractivity contribution in [2.75, 3.05) is 39.6 Å². The van der Waals surface area contributed by atoms with E-state index in [0.717, 1.165) is 0 Å². The van der Waals surface area contributed by atoms with E-state index in [1.54, 1.807) is 11.9 Å². The van der Waals surface area contributed by atoms with Crippen molar-refractivity contribution in [2.24, 2.45) is 5.92 Å². The number of hydrogen-bond donors (Lipinski definition) is 1. The second kappa shape index (κ2) is 13.2. The third-order valence-corrected chi connectivity index (χ3v) is 7.60. The van der Waals surface area contributed by atoms with Crippen molar-refractivity contribution in [2.45, 2.75) is 84.3 Å². The van der Waals surface area contributed by atoms with Crippen LogP contribution in [0.3, 0.4) is 0 Å². The van der Waals surface area contributed by atoms with Crippen LogP contribution in [0.15, 0.2) is 23.5 Å². The average molecular weight is 597 g/mol. The van der Waals surface area contributed by atoms with E-state index in [1.807, 2.05) is 27.7 Å². The van der Waals surface area contributed by atoms with Crippen LogP contribution in [0.4, 0.5) is 8.78 Å². The van der Waals surface area contributed by atoms with Crippen molar-refractivity contribution in [1.82, 2.24) is 10.0 Å². The summed E-state index contributed by atoms with van der Waals surface area (Å²) in [6, 6.07) is 2.68. The number of aliphatic hydroxyl groups is 1. The number of amides is 1. The number of ether oxygens (including phenoxy) is 5. The van der Waals surface area contributed by atoms with Gasteiger partial charge in [0.2, 0.25) is 5.82 Å². The summed E-state index contributed by atoms with van der Waals surface area (Å²) in [6.07, 6.45) is 2.22. The molecule has 0 aromatic heterocycles. The molecule has 1 unspecified atom stereocenters. The minimum absolute atomic E-state index is 0.0243. The SMILES string of the molecule is CC(C)COC(=O)C1=C(O)C2(C)CCCN2N(Cc2ccc(OCCCCOC[C@H]3COC(C)(C)O3)c(F)c2F)C1=O. The fourth-order valence-electron chi connectivity index (χ4n) is 5.36. The van der Waals surface area contributed by atoms with Gasteiger partial charge in [-0.2, -0.15) is 4.39 Å². The topological polar surface area (TPSA) is 107 Å². The summed E-state index contributed by atoms with van der Waals surface area (Å²) in [7, 11) is 0. The molecule has 2 saturated heterocycles. The highest BCUT2D eigenvalue weighted by atomic mass is 19.2. The number of esters is 1. The van der Waals surface area contributed by atoms with E-state index >= 15 is 4.39 Å². The van der Waals surface area contributed by atoms with Gasteiger partial charge in [0.15, 0.2) is 22.9 Å². The monoisotopic (exact) mass is 596 g/mol. The first-order chi connectivity index (χ1) is 19.8. The molecule has 42 heavy (non-hydrogen) atoms. The van der Waals surface area contributed by atoms with E-state index in [9.17, 15) is 19.1 Å². The standard InChI is InChI=1S/C30H42F2N2O8/c1-19(2)16-40-28(37)23-26(35)30(5)11-8-12-34(30)33(27(23)36)15-20-9-10-22(25(32)24(20)31)39-14-7-6-13-38-17-21-18-41-29(3,4)42-21/h9-10,19,21,35H,6-8,11-18H2,1-5H3/t21-,30?/m0/s1. The predicted molar refractivity (Wildman–Crippen MR) is 147 cm³/mol. The summed E-state index contributed by atoms with van der Waals surface area (Å²) in [5, 5.41) is 13.8. The van der Waals surface area contributed by atoms with Crippen LogP contribution in [0.25, 0.3) is 0 Å². The number of rotatable bonds is 13. The molecule has 0 spiro atoms. The fourth-order valence-corrected chi connectivity index (χ4v) is 5.36. The summed E-state index contributed by atoms with van der Waals surface area (Å²) in [5.74, 6) is -5.23. The van der Waals surface area contributed by atoms with Crippen LogP contribution in [-0.4, -0.2) is 84.0 Å². The van der Waals surface area contributed by atoms with Crippen LogP contribution >= 0.6 is 0 Å². The third kappa shape index (κ3) is 7.04. The van der Waals surface area contributed by atoms with Gasteiger partial charge in [-0.25, -0.2) is 14.2 Å². The van der Waals surface area contributed by atoms with Crippen LogP contribution in [0.1, 0.15) is 65.9 Å². The fraction of sp³-hybridized carbons (Fsp3) is 0.667. The minimum Gasteiger partial charge on any atom is -0.509 e. The van der Waals surface area contributed by atoms with Gasteiger partial charge in [0, 0.05) is 18.7 Å². The summed E-state index contributed by atoms with van der Waals surface area (Å²) < 4.78 is 57.7. The Hall–Kier alpha value is -2.80. The lowest BCUT2D eigenvalue weighted by atomic mass is 9.91. The first-order valence-corrected chi connectivity index (χ1v) is 14.5. The van der Waals surface area contributed by atoms with Crippen LogP contribution in [0.5, 0.6) is 5.75 Å². The second-order valence-electron chi connectivity index (χ2n) is 12.0. The number of halogens is 2. The van der Waals surface area contributed by atoms with Gasteiger partial charge >= 0.3 is 5.97 Å². The number of aliphatic hydroxyl groups excluding tert-OH is 1. The first kappa shape index (κ1) is 32.1. The van der Waals surface area contributed by atoms with E-state index in [4.69, 9.17) is 23.7 Å². The summed E-state index contributed by atoms with van der Waals surface area (Å²) in [6.45, 7) is 10.8. The van der Waals surface area contributed by atoms with Gasteiger partial charge in [0.05, 0.1) is 38.5 Å². The summed E-state index contributed by atoms with van der Waals surface area (Å²) >= 11 is 0. The Bertz CT molecular complexity index is 1190. The number of hydrazine groups is 1. The maximum absolute atomic E-state index is 15.2. The molecule has 3 aliphatic rings. The van der Waals surface area contributed by atoms with E-state index in [-0.39, 0.29) is 48.9 Å². The van der Waals surface area contributed by atoms with Crippen molar-refractivity contribution in [3.05, 3.63) is 40.7 Å². The van der Waals surface area contributed by atoms with Gasteiger partial charge in [-0.05, 0) is 58.4 Å². The minimum atomic E-state index is -1.16. The number of carbonyl (C=O) groups excluding carboxylic acids is 2. The van der Waals surface area contributed by atoms with E-state index in [0.29, 0.717) is 52.0 Å². The Balaban J connectivity index is 1.34. The van der Waals surface area contributed by atoms with Crippen LogP contribution in [-0.2, 0) is 35.1 Å². The van der Waals surface area contributed by atoms with Crippen molar-refractivity contribution in [3.8, 4) is 5.75 Å². The zero-order chi connectivity index (χ0) is 30.7. The Morgan fingerprint density at radius 3 is 2.60 bits per heavy atom. The Labute approximate surface area is 245 Å². The molecule has 2 atom stereocenters. The highest BCUT2D eigenvalue weighted by Gasteiger charge is 2.53. The molecular formula is C30H42F2N2O8. The molecule has 0 bridgehead atoms. The van der Waals surface area contributed by atoms with Gasteiger partial charge in [-0.1, -0.05) is 19.9 Å². The molecule has 234 valence electrons. The lowest BCUT2D eigenvalue weighted by Gasteiger charge is -2.46. The smallest absolute Gasteiger partial charge is 0.347 e. The third-order valence-electron chi connectivity index (χ3n) is 7.60. The lowest BCUT2D eigenvalue weighted by Crippen LogP contribution is -2.60. The molecule has 0 radical (unpaired) electrons. The molecular weight excluding hydrogens is 554 g/mol. The second-order valence-corrected chi connectivity index (χ2v) is 12.0. The van der Waals surface area contributed by atoms with Gasteiger partial charge in [0.1, 0.15) is 11.9 Å². The van der Waals surface area contributed by atoms with E-state index in [2.05, 4.69) is 0 Å². The number of hydrogen-bond acceptors (Lipinski definition) is 9. The Morgan fingerprint density at radius 2 is 1.90 bits per heavy atom. The number of nitrogens with zero attached hydrogens (tertiary/aromatic N) is 2. The molecule has 0 aliphatic carbocycles. The average Bonchev–Trinajstić information content (AvgIpc) is 3.50. The van der Waals surface area contributed by atoms with Crippen molar-refractivity contribution in [3.63, 3.8) is 0 Å². The van der Waals surface area contributed by atoms with Gasteiger partial charge in [0.25, 0.3) is 5.91 Å². The van der Waals surface area contributed by atoms with E-state index < -0.39 is 40.4 Å². The molecule has 10 nitrogen and oxygen atoms in total. The molecule has 3 aliphatic heterocycles. The van der Waals surface area contributed by atoms with Gasteiger partial charge < -0.3 is 28.8 Å². The highest BCUT2D eigenvalue weighted by molar-refractivity contribution is 6.17. The normalized spacial score (nSPS) is 24.0. The summed E-state index contributed by atoms with van der Waals surface area (Å²) in [5.41, 5.74) is -1.61. The van der Waals surface area contributed by atoms with Crippen LogP contribution in [0.2, 0.25) is 0 Å². The van der Waals surface area contributed by atoms with Crippen molar-refractivity contribution >= 4 is 11.9 Å². The highest BCUT2D eigenvalue weighted by Crippen LogP contribution is 2.42. The number of benzene rings is 1. The molecule has 3 heterocycles. The van der Waals surface area contributed by atoms with Crippen molar-refractivity contribution < 1.29 is 47.2 Å². The predicted octanol–water partition coefficient (Wildman–Crippen LogP) is 4.41. The molecule has 1 aromatic carbocycles. The molecule has 4 rings (SSSR count). The van der Waals surface area contributed by atoms with Gasteiger partial charge in [-0.15, -0.1) is 0 Å². The Kier molecular flexibility index (Phi) is 10.1. The molecule has 2 fully saturated rings.